The number of aldehydes is 1. The number of carbonyl (C=O) groups excluding carboxylic acids is 1. The molecule has 0 N–H and O–H groups in total. The second-order valence-corrected chi connectivity index (χ2v) is 4.90. The van der Waals surface area contributed by atoms with Gasteiger partial charge in [0.2, 0.25) is 0 Å². The molecule has 0 spiro atoms. The Morgan fingerprint density at radius 2 is 2.12 bits per heavy atom. The zero-order chi connectivity index (χ0) is 11.5. The van der Waals surface area contributed by atoms with Crippen LogP contribution in [0.5, 0.6) is 0 Å². The molecule has 0 radical (unpaired) electrons. The molecule has 16 heavy (non-hydrogen) atoms. The van der Waals surface area contributed by atoms with Gasteiger partial charge in [0.25, 0.3) is 0 Å². The minimum Gasteiger partial charge on any atom is -0.297 e. The third kappa shape index (κ3) is 2.17. The highest BCUT2D eigenvalue weighted by atomic mass is 32.1. The highest BCUT2D eigenvalue weighted by molar-refractivity contribution is 7.16. The summed E-state index contributed by atoms with van der Waals surface area (Å²) in [7, 11) is 0. The van der Waals surface area contributed by atoms with Gasteiger partial charge in [0.05, 0.1) is 9.75 Å². The normalized spacial score (nSPS) is 10.7. The molecule has 0 aromatic carbocycles. The minimum absolute atomic E-state index is 0.382. The number of hydrogen-bond donors (Lipinski definition) is 0. The molecule has 0 unspecified atom stereocenters. The zero-order valence-corrected chi connectivity index (χ0v) is 9.99. The van der Waals surface area contributed by atoms with E-state index in [2.05, 4.69) is 23.8 Å². The molecule has 2 aromatic heterocycles. The predicted molar refractivity (Wildman–Crippen MR) is 64.8 cm³/mol. The molecule has 82 valence electrons. The quantitative estimate of drug-likeness (QED) is 0.763. The molecule has 0 bridgehead atoms. The van der Waals surface area contributed by atoms with Gasteiger partial charge in [-0.3, -0.25) is 4.79 Å². The van der Waals surface area contributed by atoms with E-state index in [1.165, 1.54) is 11.3 Å². The molecule has 0 aliphatic rings. The Labute approximate surface area is 98.2 Å². The van der Waals surface area contributed by atoms with Crippen LogP contribution in [0.2, 0.25) is 0 Å². The summed E-state index contributed by atoms with van der Waals surface area (Å²) < 4.78 is 0. The van der Waals surface area contributed by atoms with Crippen LogP contribution in [0.1, 0.15) is 35.1 Å². The molecule has 0 fully saturated rings. The first-order chi connectivity index (χ1) is 7.70. The van der Waals surface area contributed by atoms with E-state index in [9.17, 15) is 4.79 Å². The second-order valence-electron chi connectivity index (χ2n) is 3.78. The first-order valence-corrected chi connectivity index (χ1v) is 5.90. The van der Waals surface area contributed by atoms with Gasteiger partial charge in [-0.15, -0.1) is 11.3 Å². The maximum Gasteiger partial charge on any atom is 0.169 e. The van der Waals surface area contributed by atoms with Crippen molar-refractivity contribution in [2.45, 2.75) is 19.8 Å². The molecule has 0 amide bonds. The fraction of sp³-hybridized carbons (Fsp3) is 0.250. The van der Waals surface area contributed by atoms with Crippen LogP contribution in [0.4, 0.5) is 0 Å². The molecule has 0 aliphatic heterocycles. The first-order valence-electron chi connectivity index (χ1n) is 5.09. The maximum absolute atomic E-state index is 10.6. The lowest BCUT2D eigenvalue weighted by molar-refractivity contribution is 0.112. The van der Waals surface area contributed by atoms with Gasteiger partial charge in [-0.05, 0) is 24.1 Å². The number of rotatable bonds is 3. The fourth-order valence-corrected chi connectivity index (χ4v) is 2.11. The summed E-state index contributed by atoms with van der Waals surface area (Å²) in [5, 5.41) is 0. The molecule has 2 aromatic rings. The van der Waals surface area contributed by atoms with E-state index in [0.717, 1.165) is 16.9 Å². The van der Waals surface area contributed by atoms with E-state index in [0.29, 0.717) is 16.6 Å². The van der Waals surface area contributed by atoms with Crippen molar-refractivity contribution < 1.29 is 4.79 Å². The Morgan fingerprint density at radius 3 is 2.75 bits per heavy atom. The average molecular weight is 232 g/mol. The van der Waals surface area contributed by atoms with Gasteiger partial charge in [0, 0.05) is 11.9 Å². The molecule has 4 heteroatoms. The summed E-state index contributed by atoms with van der Waals surface area (Å²) in [6.07, 6.45) is 2.61. The summed E-state index contributed by atoms with van der Waals surface area (Å²) in [6.45, 7) is 4.19. The molecule has 2 rings (SSSR count). The predicted octanol–water partition coefficient (Wildman–Crippen LogP) is 3.14. The van der Waals surface area contributed by atoms with Gasteiger partial charge in [0.15, 0.2) is 12.1 Å². The lowest BCUT2D eigenvalue weighted by Gasteiger charge is -2.04. The van der Waals surface area contributed by atoms with Crippen LogP contribution in [0, 0.1) is 0 Å². The van der Waals surface area contributed by atoms with Crippen molar-refractivity contribution >= 4 is 17.6 Å². The van der Waals surface area contributed by atoms with E-state index in [1.807, 2.05) is 12.1 Å². The molecule has 0 atom stereocenters. The van der Waals surface area contributed by atoms with Crippen LogP contribution in [0.3, 0.4) is 0 Å². The fourth-order valence-electron chi connectivity index (χ4n) is 1.35. The number of hydrogen-bond acceptors (Lipinski definition) is 4. The average Bonchev–Trinajstić information content (AvgIpc) is 2.77. The molecule has 0 saturated carbocycles. The van der Waals surface area contributed by atoms with Crippen molar-refractivity contribution in [3.8, 4) is 10.7 Å². The standard InChI is InChI=1S/C12H12N2OS/c1-8(2)10-5-6-13-12(14-10)11-4-3-9(7-15)16-11/h3-8H,1-2H3. The SMILES string of the molecule is CC(C)c1ccnc(-c2ccc(C=O)s2)n1. The Hall–Kier alpha value is -1.55. The van der Waals surface area contributed by atoms with Crippen LogP contribution in [-0.2, 0) is 0 Å². The molecule has 0 saturated heterocycles. The Morgan fingerprint density at radius 1 is 1.31 bits per heavy atom. The van der Waals surface area contributed by atoms with Gasteiger partial charge < -0.3 is 0 Å². The lowest BCUT2D eigenvalue weighted by Crippen LogP contribution is -1.95. The van der Waals surface area contributed by atoms with E-state index in [-0.39, 0.29) is 0 Å². The van der Waals surface area contributed by atoms with Crippen LogP contribution in [0.15, 0.2) is 24.4 Å². The summed E-state index contributed by atoms with van der Waals surface area (Å²) >= 11 is 1.41. The number of thiophene rings is 1. The second kappa shape index (κ2) is 4.53. The highest BCUT2D eigenvalue weighted by Crippen LogP contribution is 2.25. The molecule has 3 nitrogen and oxygen atoms in total. The summed E-state index contributed by atoms with van der Waals surface area (Å²) in [4.78, 5) is 20.9. The smallest absolute Gasteiger partial charge is 0.169 e. The van der Waals surface area contributed by atoms with Crippen molar-refractivity contribution in [2.24, 2.45) is 0 Å². The Balaban J connectivity index is 2.39. The molecule has 0 aliphatic carbocycles. The Bertz CT molecular complexity index is 505. The van der Waals surface area contributed by atoms with E-state index in [4.69, 9.17) is 0 Å². The van der Waals surface area contributed by atoms with Crippen molar-refractivity contribution in [3.05, 3.63) is 35.0 Å². The van der Waals surface area contributed by atoms with Crippen LogP contribution in [0.25, 0.3) is 10.7 Å². The van der Waals surface area contributed by atoms with Crippen LogP contribution >= 0.6 is 11.3 Å². The molecular formula is C12H12N2OS. The molecular weight excluding hydrogens is 220 g/mol. The van der Waals surface area contributed by atoms with Gasteiger partial charge >= 0.3 is 0 Å². The lowest BCUT2D eigenvalue weighted by atomic mass is 10.1. The van der Waals surface area contributed by atoms with Crippen molar-refractivity contribution in [3.63, 3.8) is 0 Å². The maximum atomic E-state index is 10.6. The summed E-state index contributed by atoms with van der Waals surface area (Å²) in [5.41, 5.74) is 1.02. The minimum atomic E-state index is 0.382. The zero-order valence-electron chi connectivity index (χ0n) is 9.18. The van der Waals surface area contributed by atoms with Crippen LogP contribution < -0.4 is 0 Å². The first kappa shape index (κ1) is 11.0. The van der Waals surface area contributed by atoms with Crippen molar-refractivity contribution in [1.82, 2.24) is 9.97 Å². The van der Waals surface area contributed by atoms with E-state index >= 15 is 0 Å². The molecule has 2 heterocycles. The van der Waals surface area contributed by atoms with Gasteiger partial charge in [-0.25, -0.2) is 9.97 Å². The van der Waals surface area contributed by atoms with E-state index < -0.39 is 0 Å². The van der Waals surface area contributed by atoms with Gasteiger partial charge in [-0.1, -0.05) is 13.8 Å². The van der Waals surface area contributed by atoms with E-state index in [1.54, 1.807) is 12.3 Å². The summed E-state index contributed by atoms with van der Waals surface area (Å²) in [5.74, 6) is 1.08. The van der Waals surface area contributed by atoms with Gasteiger partial charge in [0.1, 0.15) is 0 Å². The third-order valence-electron chi connectivity index (χ3n) is 2.23. The number of carbonyl (C=O) groups is 1. The van der Waals surface area contributed by atoms with Crippen molar-refractivity contribution in [1.29, 1.82) is 0 Å². The third-order valence-corrected chi connectivity index (χ3v) is 3.24. The summed E-state index contributed by atoms with van der Waals surface area (Å²) in [6, 6.07) is 5.59. The number of aromatic nitrogens is 2. The van der Waals surface area contributed by atoms with Crippen molar-refractivity contribution in [2.75, 3.05) is 0 Å². The van der Waals surface area contributed by atoms with Crippen LogP contribution in [-0.4, -0.2) is 16.3 Å². The largest absolute Gasteiger partial charge is 0.297 e. The number of nitrogens with zero attached hydrogens (tertiary/aromatic N) is 2. The topological polar surface area (TPSA) is 42.9 Å². The Kier molecular flexibility index (Phi) is 3.10. The monoisotopic (exact) mass is 232 g/mol. The highest BCUT2D eigenvalue weighted by Gasteiger charge is 2.07. The van der Waals surface area contributed by atoms with Gasteiger partial charge in [-0.2, -0.15) is 0 Å².